The van der Waals surface area contributed by atoms with Crippen molar-refractivity contribution in [2.24, 2.45) is 5.92 Å². The summed E-state index contributed by atoms with van der Waals surface area (Å²) in [6.07, 6.45) is 6.57. The molecule has 2 aromatic heterocycles. The van der Waals surface area contributed by atoms with Crippen LogP contribution in [0.4, 0.5) is 0 Å². The van der Waals surface area contributed by atoms with Gasteiger partial charge >= 0.3 is 5.97 Å². The number of aromatic nitrogens is 3. The van der Waals surface area contributed by atoms with Crippen LogP contribution in [0.2, 0.25) is 5.02 Å². The number of hydrogen-bond donors (Lipinski definition) is 1. The van der Waals surface area contributed by atoms with Crippen molar-refractivity contribution in [1.29, 1.82) is 0 Å². The number of fused-ring (bicyclic) bond motifs is 1. The van der Waals surface area contributed by atoms with Crippen molar-refractivity contribution in [2.75, 3.05) is 28.4 Å². The second-order valence-electron chi connectivity index (χ2n) is 12.4. The van der Waals surface area contributed by atoms with Crippen LogP contribution in [0, 0.1) is 5.92 Å². The second-order valence-corrected chi connectivity index (χ2v) is 12.8. The zero-order valence-corrected chi connectivity index (χ0v) is 28.7. The summed E-state index contributed by atoms with van der Waals surface area (Å²) in [6, 6.07) is 19.7. The summed E-state index contributed by atoms with van der Waals surface area (Å²) in [5, 5.41) is 15.3. The van der Waals surface area contributed by atoms with Gasteiger partial charge in [0.15, 0.2) is 6.29 Å². The predicted octanol–water partition coefficient (Wildman–Crippen LogP) is 7.71. The highest BCUT2D eigenvalue weighted by Crippen LogP contribution is 2.40. The van der Waals surface area contributed by atoms with E-state index in [1.54, 1.807) is 30.1 Å². The Bertz CT molecular complexity index is 1980. The Morgan fingerprint density at radius 2 is 1.63 bits per heavy atom. The molecule has 0 saturated heterocycles. The zero-order chi connectivity index (χ0) is 34.7. The minimum Gasteiger partial charge on any atom is -0.496 e. The molecular formula is C38H39ClN4O6. The summed E-state index contributed by atoms with van der Waals surface area (Å²) in [4.78, 5) is 30.0. The van der Waals surface area contributed by atoms with Gasteiger partial charge in [0.25, 0.3) is 0 Å². The number of carboxylic acid groups (broad SMARTS) is 1. The van der Waals surface area contributed by atoms with E-state index in [0.717, 1.165) is 58.8 Å². The molecule has 0 aliphatic heterocycles. The molecule has 0 amide bonds. The highest BCUT2D eigenvalue weighted by Gasteiger charge is 2.26. The number of aldehydes is 1. The number of pyridine rings is 1. The lowest BCUT2D eigenvalue weighted by Gasteiger charge is -2.34. The number of aliphatic carboxylic acids is 1. The summed E-state index contributed by atoms with van der Waals surface area (Å²) < 4.78 is 18.5. The third-order valence-corrected chi connectivity index (χ3v) is 9.93. The molecule has 254 valence electrons. The fraction of sp³-hybridized carbons (Fsp3) is 0.316. The van der Waals surface area contributed by atoms with E-state index in [4.69, 9.17) is 41.0 Å². The summed E-state index contributed by atoms with van der Waals surface area (Å²) in [5.41, 5.74) is 6.03. The molecule has 0 unspecified atom stereocenters. The molecule has 2 heterocycles. The molecule has 1 aliphatic rings. The average Bonchev–Trinajstić information content (AvgIpc) is 3.56. The second kappa shape index (κ2) is 14.7. The Kier molecular flexibility index (Phi) is 10.2. The number of hydrogen-bond acceptors (Lipinski definition) is 8. The van der Waals surface area contributed by atoms with Gasteiger partial charge in [-0.2, -0.15) is 5.10 Å². The maximum atomic E-state index is 11.7. The summed E-state index contributed by atoms with van der Waals surface area (Å²) in [5.74, 6) is 0.866. The Labute approximate surface area is 290 Å². The van der Waals surface area contributed by atoms with Gasteiger partial charge < -0.3 is 19.3 Å². The first-order valence-corrected chi connectivity index (χ1v) is 16.6. The van der Waals surface area contributed by atoms with Crippen molar-refractivity contribution in [3.8, 4) is 45.5 Å². The van der Waals surface area contributed by atoms with E-state index < -0.39 is 5.97 Å². The molecule has 5 aromatic rings. The molecule has 0 spiro atoms. The quantitative estimate of drug-likeness (QED) is 0.132. The third kappa shape index (κ3) is 6.84. The van der Waals surface area contributed by atoms with Crippen LogP contribution in [-0.4, -0.2) is 71.4 Å². The molecule has 1 N–H and O–H groups in total. The van der Waals surface area contributed by atoms with E-state index in [-0.39, 0.29) is 12.3 Å². The van der Waals surface area contributed by atoms with Crippen LogP contribution in [0.15, 0.2) is 66.9 Å². The molecule has 0 atom stereocenters. The van der Waals surface area contributed by atoms with Crippen molar-refractivity contribution >= 4 is 34.8 Å². The minimum atomic E-state index is -0.715. The molecule has 6 rings (SSSR count). The first-order valence-electron chi connectivity index (χ1n) is 16.2. The lowest BCUT2D eigenvalue weighted by Crippen LogP contribution is -2.35. The Morgan fingerprint density at radius 1 is 0.959 bits per heavy atom. The highest BCUT2D eigenvalue weighted by molar-refractivity contribution is 6.36. The SMILES string of the molecule is COc1cc(-n2ncc3c(-c4cccc(-c5ccc(CN(C)C6CCC(CC(=O)O)CC6)c(OC)n5)c4Cl)cccc32)cc(OC)c1C=O. The van der Waals surface area contributed by atoms with Crippen LogP contribution in [0.25, 0.3) is 39.0 Å². The first kappa shape index (κ1) is 34.0. The number of benzene rings is 3. The van der Waals surface area contributed by atoms with Gasteiger partial charge in [0.1, 0.15) is 11.5 Å². The van der Waals surface area contributed by atoms with Crippen LogP contribution in [0.5, 0.6) is 17.4 Å². The average molecular weight is 683 g/mol. The highest BCUT2D eigenvalue weighted by atomic mass is 35.5. The fourth-order valence-corrected chi connectivity index (χ4v) is 7.27. The van der Waals surface area contributed by atoms with Crippen molar-refractivity contribution in [3.05, 3.63) is 83.0 Å². The van der Waals surface area contributed by atoms with Gasteiger partial charge in [-0.15, -0.1) is 0 Å². The number of carboxylic acids is 1. The number of halogens is 1. The molecule has 1 saturated carbocycles. The molecule has 1 aliphatic carbocycles. The molecule has 0 radical (unpaired) electrons. The third-order valence-electron chi connectivity index (χ3n) is 9.52. The van der Waals surface area contributed by atoms with Gasteiger partial charge in [-0.3, -0.25) is 14.5 Å². The zero-order valence-electron chi connectivity index (χ0n) is 28.0. The number of rotatable bonds is 12. The fourth-order valence-electron chi connectivity index (χ4n) is 6.94. The minimum absolute atomic E-state index is 0.251. The summed E-state index contributed by atoms with van der Waals surface area (Å²) in [7, 11) is 6.75. The van der Waals surface area contributed by atoms with Crippen LogP contribution in [0.3, 0.4) is 0 Å². The van der Waals surface area contributed by atoms with Gasteiger partial charge in [0.05, 0.1) is 55.0 Å². The lowest BCUT2D eigenvalue weighted by molar-refractivity contribution is -0.138. The van der Waals surface area contributed by atoms with Crippen LogP contribution >= 0.6 is 11.6 Å². The first-order chi connectivity index (χ1) is 23.8. The molecule has 3 aromatic carbocycles. The Balaban J connectivity index is 1.28. The largest absolute Gasteiger partial charge is 0.496 e. The van der Waals surface area contributed by atoms with Crippen LogP contribution < -0.4 is 14.2 Å². The monoisotopic (exact) mass is 682 g/mol. The predicted molar refractivity (Wildman–Crippen MR) is 189 cm³/mol. The van der Waals surface area contributed by atoms with E-state index >= 15 is 0 Å². The van der Waals surface area contributed by atoms with Crippen LogP contribution in [-0.2, 0) is 11.3 Å². The van der Waals surface area contributed by atoms with Gasteiger partial charge in [-0.1, -0.05) is 48.0 Å². The van der Waals surface area contributed by atoms with E-state index in [2.05, 4.69) is 11.9 Å². The van der Waals surface area contributed by atoms with Crippen molar-refractivity contribution in [3.63, 3.8) is 0 Å². The van der Waals surface area contributed by atoms with Crippen molar-refractivity contribution in [2.45, 2.75) is 44.7 Å². The van der Waals surface area contributed by atoms with E-state index in [9.17, 15) is 9.59 Å². The van der Waals surface area contributed by atoms with Gasteiger partial charge in [0, 0.05) is 53.2 Å². The van der Waals surface area contributed by atoms with Gasteiger partial charge in [-0.25, -0.2) is 9.67 Å². The summed E-state index contributed by atoms with van der Waals surface area (Å²) >= 11 is 7.16. The van der Waals surface area contributed by atoms with E-state index in [1.165, 1.54) is 14.2 Å². The Morgan fingerprint density at radius 3 is 2.29 bits per heavy atom. The maximum Gasteiger partial charge on any atom is 0.303 e. The molecule has 10 nitrogen and oxygen atoms in total. The van der Waals surface area contributed by atoms with E-state index in [0.29, 0.717) is 58.2 Å². The molecule has 1 fully saturated rings. The van der Waals surface area contributed by atoms with Crippen molar-refractivity contribution in [1.82, 2.24) is 19.7 Å². The van der Waals surface area contributed by atoms with Crippen LogP contribution in [0.1, 0.15) is 48.0 Å². The Hall–Kier alpha value is -4.93. The molecule has 49 heavy (non-hydrogen) atoms. The topological polar surface area (TPSA) is 116 Å². The van der Waals surface area contributed by atoms with Crippen molar-refractivity contribution < 1.29 is 28.9 Å². The molecule has 0 bridgehead atoms. The lowest BCUT2D eigenvalue weighted by atomic mass is 9.83. The molecular weight excluding hydrogens is 644 g/mol. The van der Waals surface area contributed by atoms with Gasteiger partial charge in [0.2, 0.25) is 5.88 Å². The number of carbonyl (C=O) groups is 2. The normalized spacial score (nSPS) is 16.1. The smallest absolute Gasteiger partial charge is 0.303 e. The number of ether oxygens (including phenoxy) is 3. The molecule has 11 heteroatoms. The summed E-state index contributed by atoms with van der Waals surface area (Å²) in [6.45, 7) is 0.667. The standard InChI is InChI=1S/C38H39ClN4O6/c1-42(25-14-11-23(12-15-25)17-36(45)46)21-24-13-16-32(41-38(24)49-4)29-9-5-8-28(37(29)39)27-7-6-10-33-30(27)20-40-43(33)26-18-34(47-2)31(22-44)35(19-26)48-3/h5-10,13,16,18-20,22-23,25H,11-12,14-15,17,21H2,1-4H3,(H,45,46). The maximum absolute atomic E-state index is 11.7. The van der Waals surface area contributed by atoms with Gasteiger partial charge in [-0.05, 0) is 56.3 Å². The number of nitrogens with zero attached hydrogens (tertiary/aromatic N) is 4. The van der Waals surface area contributed by atoms with E-state index in [1.807, 2.05) is 48.5 Å². The number of carbonyl (C=O) groups excluding carboxylic acids is 1. The number of methoxy groups -OCH3 is 3.